The van der Waals surface area contributed by atoms with Crippen LogP contribution in [0.1, 0.15) is 31.7 Å². The van der Waals surface area contributed by atoms with Crippen molar-refractivity contribution in [3.05, 3.63) is 11.4 Å². The van der Waals surface area contributed by atoms with Crippen molar-refractivity contribution >= 4 is 36.4 Å². The molecule has 0 saturated carbocycles. The minimum absolute atomic E-state index is 0. The lowest BCUT2D eigenvalue weighted by Crippen LogP contribution is -2.42. The fourth-order valence-corrected chi connectivity index (χ4v) is 2.91. The molecular formula is C15H29Cl2N5O. The summed E-state index contributed by atoms with van der Waals surface area (Å²) in [6.07, 6.45) is 1.05. The summed E-state index contributed by atoms with van der Waals surface area (Å²) in [4.78, 5) is 14.7. The number of nitrogens with zero attached hydrogens (tertiary/aromatic N) is 3. The summed E-state index contributed by atoms with van der Waals surface area (Å²) in [5.41, 5.74) is 8.62. The Labute approximate surface area is 151 Å². The first kappa shape index (κ1) is 22.2. The molecule has 1 aliphatic rings. The number of carbonyl (C=O) groups excluding carboxylic acids is 1. The molecule has 1 aromatic heterocycles. The summed E-state index contributed by atoms with van der Waals surface area (Å²) >= 11 is 0. The number of likely N-dealkylation sites (tertiary alicyclic amines) is 1. The Morgan fingerprint density at radius 1 is 1.43 bits per heavy atom. The zero-order valence-corrected chi connectivity index (χ0v) is 16.2. The highest BCUT2D eigenvalue weighted by molar-refractivity contribution is 5.95. The summed E-state index contributed by atoms with van der Waals surface area (Å²) in [6.45, 7) is 10.5. The van der Waals surface area contributed by atoms with Gasteiger partial charge in [-0.1, -0.05) is 6.92 Å². The van der Waals surface area contributed by atoms with Crippen LogP contribution in [0.3, 0.4) is 0 Å². The third-order valence-electron chi connectivity index (χ3n) is 4.76. The number of rotatable bonds is 4. The second-order valence-electron chi connectivity index (χ2n) is 6.57. The summed E-state index contributed by atoms with van der Waals surface area (Å²) in [5.74, 6) is 0.0236. The van der Waals surface area contributed by atoms with Crippen LogP contribution in [0.15, 0.2) is 0 Å². The number of carbonyl (C=O) groups is 1. The molecule has 0 bridgehead atoms. The first-order valence-electron chi connectivity index (χ1n) is 7.52. The van der Waals surface area contributed by atoms with E-state index in [1.165, 1.54) is 0 Å². The minimum Gasteiger partial charge on any atom is -0.330 e. The van der Waals surface area contributed by atoms with Gasteiger partial charge in [-0.05, 0) is 45.7 Å². The molecule has 0 aromatic carbocycles. The molecule has 0 aliphatic carbocycles. The van der Waals surface area contributed by atoms with Gasteiger partial charge in [-0.3, -0.25) is 14.4 Å². The van der Waals surface area contributed by atoms with Gasteiger partial charge in [0, 0.05) is 13.6 Å². The van der Waals surface area contributed by atoms with E-state index in [2.05, 4.69) is 22.2 Å². The summed E-state index contributed by atoms with van der Waals surface area (Å²) < 4.78 is 1.79. The van der Waals surface area contributed by atoms with Crippen molar-refractivity contribution in [1.29, 1.82) is 0 Å². The summed E-state index contributed by atoms with van der Waals surface area (Å²) in [6, 6.07) is -0.155. The van der Waals surface area contributed by atoms with Gasteiger partial charge in [0.15, 0.2) is 0 Å². The van der Waals surface area contributed by atoms with Crippen LogP contribution in [0.25, 0.3) is 0 Å². The molecule has 6 nitrogen and oxygen atoms in total. The van der Waals surface area contributed by atoms with Crippen LogP contribution in [0.2, 0.25) is 0 Å². The molecule has 3 N–H and O–H groups in total. The topological polar surface area (TPSA) is 76.2 Å². The van der Waals surface area contributed by atoms with Gasteiger partial charge in [-0.2, -0.15) is 5.10 Å². The third kappa shape index (κ3) is 4.59. The van der Waals surface area contributed by atoms with Gasteiger partial charge >= 0.3 is 0 Å². The number of hydrogen-bond acceptors (Lipinski definition) is 4. The Morgan fingerprint density at radius 3 is 2.48 bits per heavy atom. The van der Waals surface area contributed by atoms with Crippen LogP contribution in [0.4, 0.5) is 5.69 Å². The molecular weight excluding hydrogens is 337 g/mol. The summed E-state index contributed by atoms with van der Waals surface area (Å²) in [5, 5.41) is 7.35. The zero-order chi connectivity index (χ0) is 15.8. The van der Waals surface area contributed by atoms with Crippen LogP contribution in [0.5, 0.6) is 0 Å². The fourth-order valence-electron chi connectivity index (χ4n) is 2.91. The Bertz CT molecular complexity index is 548. The van der Waals surface area contributed by atoms with Crippen molar-refractivity contribution in [2.45, 2.75) is 40.2 Å². The van der Waals surface area contributed by atoms with Gasteiger partial charge in [0.05, 0.1) is 23.1 Å². The van der Waals surface area contributed by atoms with E-state index in [1.807, 2.05) is 27.8 Å². The Morgan fingerprint density at radius 2 is 2.04 bits per heavy atom. The van der Waals surface area contributed by atoms with E-state index in [0.29, 0.717) is 6.54 Å². The normalized spacial score (nSPS) is 22.2. The number of hydrogen-bond donors (Lipinski definition) is 2. The van der Waals surface area contributed by atoms with Gasteiger partial charge in [0.25, 0.3) is 0 Å². The van der Waals surface area contributed by atoms with E-state index >= 15 is 0 Å². The lowest BCUT2D eigenvalue weighted by atomic mass is 9.90. The van der Waals surface area contributed by atoms with Crippen molar-refractivity contribution < 1.29 is 4.79 Å². The Hall–Kier alpha value is -0.820. The molecule has 2 unspecified atom stereocenters. The van der Waals surface area contributed by atoms with Crippen LogP contribution in [0, 0.1) is 19.3 Å². The maximum absolute atomic E-state index is 12.5. The maximum atomic E-state index is 12.5. The number of nitrogens with one attached hydrogen (secondary N) is 1. The maximum Gasteiger partial charge on any atom is 0.241 e. The SMILES string of the molecule is Cc1nn(C)c(C)c1NC(=O)C(C)N1CCC(C)(CN)C1.Cl.Cl. The quantitative estimate of drug-likeness (QED) is 0.853. The van der Waals surface area contributed by atoms with Crippen LogP contribution in [-0.4, -0.2) is 46.3 Å². The number of nitrogens with two attached hydrogens (primary N) is 1. The zero-order valence-electron chi connectivity index (χ0n) is 14.5. The summed E-state index contributed by atoms with van der Waals surface area (Å²) in [7, 11) is 1.88. The highest BCUT2D eigenvalue weighted by atomic mass is 35.5. The first-order chi connectivity index (χ1) is 9.77. The second-order valence-corrected chi connectivity index (χ2v) is 6.57. The van der Waals surface area contributed by atoms with E-state index in [1.54, 1.807) is 4.68 Å². The van der Waals surface area contributed by atoms with E-state index in [-0.39, 0.29) is 42.2 Å². The van der Waals surface area contributed by atoms with Crippen molar-refractivity contribution in [3.63, 3.8) is 0 Å². The molecule has 8 heteroatoms. The van der Waals surface area contributed by atoms with Gasteiger partial charge in [0.2, 0.25) is 5.91 Å². The molecule has 1 aromatic rings. The third-order valence-corrected chi connectivity index (χ3v) is 4.76. The molecule has 1 saturated heterocycles. The van der Waals surface area contributed by atoms with Gasteiger partial charge in [-0.25, -0.2) is 0 Å². The molecule has 2 heterocycles. The molecule has 1 amide bonds. The molecule has 23 heavy (non-hydrogen) atoms. The fraction of sp³-hybridized carbons (Fsp3) is 0.733. The van der Waals surface area contributed by atoms with Crippen molar-refractivity contribution in [3.8, 4) is 0 Å². The molecule has 134 valence electrons. The number of anilines is 1. The number of aromatic nitrogens is 2. The van der Waals surface area contributed by atoms with Crippen molar-refractivity contribution in [1.82, 2.24) is 14.7 Å². The van der Waals surface area contributed by atoms with Gasteiger partial charge in [-0.15, -0.1) is 24.8 Å². The molecule has 1 fully saturated rings. The molecule has 1 aliphatic heterocycles. The average Bonchev–Trinajstić information content (AvgIpc) is 2.95. The highest BCUT2D eigenvalue weighted by Gasteiger charge is 2.36. The van der Waals surface area contributed by atoms with Gasteiger partial charge < -0.3 is 11.1 Å². The largest absolute Gasteiger partial charge is 0.330 e. The predicted octanol–water partition coefficient (Wildman–Crippen LogP) is 1.88. The highest BCUT2D eigenvalue weighted by Crippen LogP contribution is 2.30. The lowest BCUT2D eigenvalue weighted by Gasteiger charge is -2.26. The number of aryl methyl sites for hydroxylation is 2. The molecule has 2 rings (SSSR count). The Balaban J connectivity index is 0.00000242. The van der Waals surface area contributed by atoms with Crippen molar-refractivity contribution in [2.24, 2.45) is 18.2 Å². The lowest BCUT2D eigenvalue weighted by molar-refractivity contribution is -0.120. The number of halogens is 2. The standard InChI is InChI=1S/C15H27N5O.2ClH/c1-10-13(11(2)19(5)18-10)17-14(21)12(3)20-7-6-15(4,8-16)9-20;;/h12H,6-9,16H2,1-5H3,(H,17,21);2*1H. The van der Waals surface area contributed by atoms with Crippen LogP contribution < -0.4 is 11.1 Å². The second kappa shape index (κ2) is 8.33. The van der Waals surface area contributed by atoms with E-state index in [9.17, 15) is 4.79 Å². The first-order valence-corrected chi connectivity index (χ1v) is 7.52. The monoisotopic (exact) mass is 365 g/mol. The van der Waals surface area contributed by atoms with Crippen LogP contribution >= 0.6 is 24.8 Å². The average molecular weight is 366 g/mol. The van der Waals surface area contributed by atoms with E-state index < -0.39 is 0 Å². The van der Waals surface area contributed by atoms with Crippen LogP contribution in [-0.2, 0) is 11.8 Å². The van der Waals surface area contributed by atoms with E-state index in [4.69, 9.17) is 5.73 Å². The molecule has 0 radical (unpaired) electrons. The molecule has 0 spiro atoms. The Kier molecular flexibility index (Phi) is 8.03. The van der Waals surface area contributed by atoms with Gasteiger partial charge in [0.1, 0.15) is 0 Å². The minimum atomic E-state index is -0.155. The van der Waals surface area contributed by atoms with E-state index in [0.717, 1.165) is 36.6 Å². The number of amides is 1. The molecule has 2 atom stereocenters. The smallest absolute Gasteiger partial charge is 0.241 e. The van der Waals surface area contributed by atoms with Crippen molar-refractivity contribution in [2.75, 3.05) is 25.0 Å². The predicted molar refractivity (Wildman–Crippen MR) is 98.6 cm³/mol.